The zero-order valence-corrected chi connectivity index (χ0v) is 8.42. The molecule has 0 bridgehead atoms. The third-order valence-electron chi connectivity index (χ3n) is 1.02. The lowest BCUT2D eigenvalue weighted by Gasteiger charge is -2.17. The van der Waals surface area contributed by atoms with Gasteiger partial charge in [0.15, 0.2) is 5.11 Å². The van der Waals surface area contributed by atoms with Gasteiger partial charge in [-0.15, -0.1) is 0 Å². The van der Waals surface area contributed by atoms with Gasteiger partial charge in [0.05, 0.1) is 0 Å². The highest BCUT2D eigenvalue weighted by molar-refractivity contribution is 7.80. The highest BCUT2D eigenvalue weighted by atomic mass is 32.1. The van der Waals surface area contributed by atoms with Gasteiger partial charge < -0.3 is 5.73 Å². The van der Waals surface area contributed by atoms with Gasteiger partial charge in [-0.1, -0.05) is 20.8 Å². The Morgan fingerprint density at radius 2 is 1.92 bits per heavy atom. The summed E-state index contributed by atoms with van der Waals surface area (Å²) < 4.78 is 0. The average molecular weight is 189 g/mol. The molecule has 0 aliphatic heterocycles. The lowest BCUT2D eigenvalue weighted by molar-refractivity contribution is -0.123. The van der Waals surface area contributed by atoms with E-state index < -0.39 is 0 Å². The van der Waals surface area contributed by atoms with Gasteiger partial charge in [0.25, 0.3) is 0 Å². The van der Waals surface area contributed by atoms with Crippen molar-refractivity contribution >= 4 is 23.2 Å². The van der Waals surface area contributed by atoms with Gasteiger partial charge in [0, 0.05) is 6.42 Å². The number of nitrogens with two attached hydrogens (primary N) is 1. The summed E-state index contributed by atoms with van der Waals surface area (Å²) in [5.74, 6) is -0.115. The van der Waals surface area contributed by atoms with Gasteiger partial charge in [-0.2, -0.15) is 0 Å². The van der Waals surface area contributed by atoms with Crippen LogP contribution in [-0.4, -0.2) is 11.0 Å². The Labute approximate surface area is 77.9 Å². The van der Waals surface area contributed by atoms with Crippen molar-refractivity contribution in [1.29, 1.82) is 0 Å². The summed E-state index contributed by atoms with van der Waals surface area (Å²) in [4.78, 5) is 11.1. The molecule has 1 amide bonds. The van der Waals surface area contributed by atoms with Crippen molar-refractivity contribution in [3.63, 3.8) is 0 Å². The van der Waals surface area contributed by atoms with Crippen LogP contribution in [0.4, 0.5) is 0 Å². The molecule has 0 aromatic rings. The van der Waals surface area contributed by atoms with Gasteiger partial charge in [0.2, 0.25) is 5.91 Å². The van der Waals surface area contributed by atoms with E-state index in [4.69, 9.17) is 5.73 Å². The van der Waals surface area contributed by atoms with Crippen molar-refractivity contribution < 1.29 is 4.79 Å². The monoisotopic (exact) mass is 189 g/mol. The molecular formula is C7H15N3OS. The van der Waals surface area contributed by atoms with Gasteiger partial charge in [-0.05, 0) is 17.6 Å². The van der Waals surface area contributed by atoms with E-state index in [2.05, 4.69) is 23.1 Å². The van der Waals surface area contributed by atoms with Crippen LogP contribution in [-0.2, 0) is 4.79 Å². The summed E-state index contributed by atoms with van der Waals surface area (Å²) >= 11 is 4.51. The first-order chi connectivity index (χ1) is 5.31. The van der Waals surface area contributed by atoms with Crippen molar-refractivity contribution in [3.8, 4) is 0 Å². The molecule has 0 fully saturated rings. The predicted octanol–water partition coefficient (Wildman–Crippen LogP) is 0.287. The highest BCUT2D eigenvalue weighted by Crippen LogP contribution is 2.17. The molecule has 0 rings (SSSR count). The van der Waals surface area contributed by atoms with E-state index >= 15 is 0 Å². The van der Waals surface area contributed by atoms with Crippen LogP contribution in [0, 0.1) is 5.41 Å². The molecule has 0 aromatic carbocycles. The lowest BCUT2D eigenvalue weighted by atomic mass is 9.92. The van der Waals surface area contributed by atoms with Crippen molar-refractivity contribution in [2.45, 2.75) is 27.2 Å². The number of hydrazine groups is 1. The Morgan fingerprint density at radius 3 is 2.25 bits per heavy atom. The number of hydrogen-bond donors (Lipinski definition) is 3. The zero-order valence-electron chi connectivity index (χ0n) is 7.60. The molecule has 0 aromatic heterocycles. The molecule has 4 N–H and O–H groups in total. The fourth-order valence-electron chi connectivity index (χ4n) is 0.657. The minimum atomic E-state index is -0.115. The fourth-order valence-corrected chi connectivity index (χ4v) is 0.708. The van der Waals surface area contributed by atoms with Crippen LogP contribution in [0.15, 0.2) is 0 Å². The predicted molar refractivity (Wildman–Crippen MR) is 52.1 cm³/mol. The van der Waals surface area contributed by atoms with Gasteiger partial charge >= 0.3 is 0 Å². The third kappa shape index (κ3) is 7.27. The van der Waals surface area contributed by atoms with E-state index in [0.717, 1.165) is 0 Å². The van der Waals surface area contributed by atoms with Crippen LogP contribution in [0.2, 0.25) is 0 Å². The first kappa shape index (κ1) is 11.2. The van der Waals surface area contributed by atoms with E-state index in [1.54, 1.807) is 0 Å². The van der Waals surface area contributed by atoms with Gasteiger partial charge in [-0.3, -0.25) is 15.6 Å². The highest BCUT2D eigenvalue weighted by Gasteiger charge is 2.15. The van der Waals surface area contributed by atoms with Crippen LogP contribution in [0.25, 0.3) is 0 Å². The van der Waals surface area contributed by atoms with Crippen LogP contribution >= 0.6 is 12.2 Å². The summed E-state index contributed by atoms with van der Waals surface area (Å²) in [5, 5.41) is 0.0669. The van der Waals surface area contributed by atoms with Crippen LogP contribution in [0.3, 0.4) is 0 Å². The summed E-state index contributed by atoms with van der Waals surface area (Å²) in [6.07, 6.45) is 0.433. The summed E-state index contributed by atoms with van der Waals surface area (Å²) in [7, 11) is 0. The van der Waals surface area contributed by atoms with Crippen molar-refractivity contribution in [3.05, 3.63) is 0 Å². The fraction of sp³-hybridized carbons (Fsp3) is 0.714. The average Bonchev–Trinajstić information content (AvgIpc) is 1.79. The smallest absolute Gasteiger partial charge is 0.238 e. The molecule has 0 aliphatic carbocycles. The van der Waals surface area contributed by atoms with E-state index in [9.17, 15) is 4.79 Å². The van der Waals surface area contributed by atoms with Crippen LogP contribution < -0.4 is 16.6 Å². The number of amides is 1. The molecule has 0 saturated heterocycles. The Hall–Kier alpha value is -0.840. The molecule has 0 spiro atoms. The molecule has 0 radical (unpaired) electrons. The molecule has 12 heavy (non-hydrogen) atoms. The number of nitrogens with one attached hydrogen (secondary N) is 2. The second kappa shape index (κ2) is 4.25. The maximum absolute atomic E-state index is 11.1. The molecule has 70 valence electrons. The molecule has 4 nitrogen and oxygen atoms in total. The molecule has 0 unspecified atom stereocenters. The molecule has 5 heteroatoms. The SMILES string of the molecule is CC(C)(C)CC(=O)NNC(N)=S. The first-order valence-electron chi connectivity index (χ1n) is 3.65. The van der Waals surface area contributed by atoms with Gasteiger partial charge in [-0.25, -0.2) is 0 Å². The second-order valence-electron chi connectivity index (χ2n) is 3.77. The van der Waals surface area contributed by atoms with Crippen LogP contribution in [0.5, 0.6) is 0 Å². The maximum Gasteiger partial charge on any atom is 0.238 e. The van der Waals surface area contributed by atoms with Crippen LogP contribution in [0.1, 0.15) is 27.2 Å². The molecular weight excluding hydrogens is 174 g/mol. The van der Waals surface area contributed by atoms with E-state index in [-0.39, 0.29) is 16.4 Å². The topological polar surface area (TPSA) is 67.2 Å². The Balaban J connectivity index is 3.68. The Bertz CT molecular complexity index is 186. The number of hydrogen-bond acceptors (Lipinski definition) is 2. The van der Waals surface area contributed by atoms with E-state index in [1.165, 1.54) is 0 Å². The Kier molecular flexibility index (Phi) is 3.95. The molecule has 0 aliphatic rings. The maximum atomic E-state index is 11.1. The lowest BCUT2D eigenvalue weighted by Crippen LogP contribution is -2.45. The van der Waals surface area contributed by atoms with E-state index in [0.29, 0.717) is 6.42 Å². The number of carbonyl (C=O) groups excluding carboxylic acids is 1. The molecule has 0 atom stereocenters. The number of carbonyl (C=O) groups is 1. The summed E-state index contributed by atoms with van der Waals surface area (Å²) in [5.41, 5.74) is 9.85. The Morgan fingerprint density at radius 1 is 1.42 bits per heavy atom. The number of rotatable bonds is 1. The standard InChI is InChI=1S/C7H15N3OS/c1-7(2,3)4-5(11)9-10-6(8)12/h4H2,1-3H3,(H,9,11)(H3,8,10,12). The molecule has 0 heterocycles. The quantitative estimate of drug-likeness (QED) is 0.409. The third-order valence-corrected chi connectivity index (χ3v) is 1.12. The van der Waals surface area contributed by atoms with E-state index in [1.807, 2.05) is 20.8 Å². The second-order valence-corrected chi connectivity index (χ2v) is 4.21. The zero-order chi connectivity index (χ0) is 9.78. The van der Waals surface area contributed by atoms with Gasteiger partial charge in [0.1, 0.15) is 0 Å². The first-order valence-corrected chi connectivity index (χ1v) is 4.06. The molecule has 0 saturated carbocycles. The summed E-state index contributed by atoms with van der Waals surface area (Å²) in [6, 6.07) is 0. The minimum absolute atomic E-state index is 0.0258. The normalized spacial score (nSPS) is 10.6. The minimum Gasteiger partial charge on any atom is -0.375 e. The largest absolute Gasteiger partial charge is 0.375 e. The van der Waals surface area contributed by atoms with Crippen molar-refractivity contribution in [2.24, 2.45) is 11.1 Å². The van der Waals surface area contributed by atoms with Crippen molar-refractivity contribution in [2.75, 3.05) is 0 Å². The van der Waals surface area contributed by atoms with Crippen molar-refractivity contribution in [1.82, 2.24) is 10.9 Å². The number of thiocarbonyl (C=S) groups is 1. The summed E-state index contributed by atoms with van der Waals surface area (Å²) in [6.45, 7) is 5.94.